The first-order valence-corrected chi connectivity index (χ1v) is 10.5. The number of benzene rings is 1. The first kappa shape index (κ1) is 19.4. The molecular weight excluding hydrogens is 432 g/mol. The van der Waals surface area contributed by atoms with Crippen LogP contribution in [-0.4, -0.2) is 25.6 Å². The van der Waals surface area contributed by atoms with E-state index in [2.05, 4.69) is 25.8 Å². The van der Waals surface area contributed by atoms with Crippen LogP contribution < -0.4 is 16.2 Å². The van der Waals surface area contributed by atoms with Gasteiger partial charge in [0.1, 0.15) is 5.65 Å². The number of carbonyl (C=O) groups excluding carboxylic acids is 1. The zero-order valence-corrected chi connectivity index (χ0v) is 17.1. The number of rotatable bonds is 5. The van der Waals surface area contributed by atoms with Crippen LogP contribution in [0, 0.1) is 0 Å². The number of para-hydroxylation sites is 1. The third-order valence-corrected chi connectivity index (χ3v) is 6.05. The van der Waals surface area contributed by atoms with Crippen molar-refractivity contribution in [3.8, 4) is 0 Å². The number of anilines is 2. The lowest BCUT2D eigenvalue weighted by Crippen LogP contribution is -2.19. The first-order chi connectivity index (χ1) is 14.1. The molecule has 0 saturated carbocycles. The molecule has 0 atom stereocenters. The summed E-state index contributed by atoms with van der Waals surface area (Å²) < 4.78 is 2.13. The highest BCUT2D eigenvalue weighted by Gasteiger charge is 2.11. The lowest BCUT2D eigenvalue weighted by atomic mass is 10.3. The minimum Gasteiger partial charge on any atom is -0.306 e. The van der Waals surface area contributed by atoms with Gasteiger partial charge in [-0.25, -0.2) is 9.78 Å². The van der Waals surface area contributed by atoms with E-state index in [9.17, 15) is 9.59 Å². The van der Waals surface area contributed by atoms with E-state index in [0.29, 0.717) is 37.3 Å². The second-order valence-electron chi connectivity index (χ2n) is 5.74. The van der Waals surface area contributed by atoms with Crippen molar-refractivity contribution in [1.82, 2.24) is 19.6 Å². The standard InChI is InChI=1S/C18H13ClN6O2S2/c19-12-5-1-2-6-13(12)21-16(27)22-17-23-24-18(29-17)28-10-11-9-15(26)25-8-4-3-7-14(25)20-11/h1-9H,10H2,(H2,21,22,23,27). The molecule has 0 spiro atoms. The van der Waals surface area contributed by atoms with E-state index in [1.165, 1.54) is 33.6 Å². The lowest BCUT2D eigenvalue weighted by Gasteiger charge is -2.06. The van der Waals surface area contributed by atoms with Crippen LogP contribution in [-0.2, 0) is 5.75 Å². The van der Waals surface area contributed by atoms with Crippen molar-refractivity contribution >= 4 is 57.2 Å². The Morgan fingerprint density at radius 1 is 1.14 bits per heavy atom. The van der Waals surface area contributed by atoms with Crippen molar-refractivity contribution in [2.75, 3.05) is 10.6 Å². The Bertz CT molecular complexity index is 1240. The SMILES string of the molecule is O=C(Nc1nnc(SCc2cc(=O)n3ccccc3n2)s1)Nc1ccccc1Cl. The van der Waals surface area contributed by atoms with E-state index in [4.69, 9.17) is 11.6 Å². The Morgan fingerprint density at radius 3 is 2.83 bits per heavy atom. The molecule has 0 aliphatic carbocycles. The Balaban J connectivity index is 1.38. The molecule has 11 heteroatoms. The Labute approximate surface area is 178 Å². The Hall–Kier alpha value is -2.95. The number of halogens is 1. The predicted molar refractivity (Wildman–Crippen MR) is 115 cm³/mol. The van der Waals surface area contributed by atoms with Crippen LogP contribution in [0.4, 0.5) is 15.6 Å². The number of hydrogen-bond acceptors (Lipinski definition) is 7. The van der Waals surface area contributed by atoms with Crippen LogP contribution in [0.25, 0.3) is 5.65 Å². The zero-order valence-electron chi connectivity index (χ0n) is 14.7. The van der Waals surface area contributed by atoms with Gasteiger partial charge in [-0.3, -0.25) is 14.5 Å². The summed E-state index contributed by atoms with van der Waals surface area (Å²) in [5.41, 5.74) is 1.60. The number of amides is 2. The summed E-state index contributed by atoms with van der Waals surface area (Å²) >= 11 is 8.64. The molecule has 2 amide bonds. The van der Waals surface area contributed by atoms with Crippen LogP contribution >= 0.6 is 34.7 Å². The van der Waals surface area contributed by atoms with E-state index in [1.54, 1.807) is 42.6 Å². The molecule has 4 rings (SSSR count). The van der Waals surface area contributed by atoms with Crippen LogP contribution in [0.15, 0.2) is 63.9 Å². The molecule has 2 N–H and O–H groups in total. The van der Waals surface area contributed by atoms with Crippen LogP contribution in [0.3, 0.4) is 0 Å². The quantitative estimate of drug-likeness (QED) is 0.354. The summed E-state index contributed by atoms with van der Waals surface area (Å²) in [5, 5.41) is 14.1. The number of thioether (sulfide) groups is 1. The minimum absolute atomic E-state index is 0.137. The molecular formula is C18H13ClN6O2S2. The fourth-order valence-corrected chi connectivity index (χ4v) is 4.27. The summed E-state index contributed by atoms with van der Waals surface area (Å²) in [6.07, 6.45) is 1.68. The molecule has 0 radical (unpaired) electrons. The molecule has 0 aliphatic heterocycles. The third kappa shape index (κ3) is 4.73. The normalized spacial score (nSPS) is 10.8. The second-order valence-corrected chi connectivity index (χ2v) is 8.34. The highest BCUT2D eigenvalue weighted by molar-refractivity contribution is 8.00. The maximum absolute atomic E-state index is 12.1. The van der Waals surface area contributed by atoms with Gasteiger partial charge in [-0.2, -0.15) is 0 Å². The molecule has 0 aliphatic rings. The zero-order chi connectivity index (χ0) is 20.2. The average Bonchev–Trinajstić information content (AvgIpc) is 3.15. The first-order valence-electron chi connectivity index (χ1n) is 8.35. The molecule has 0 bridgehead atoms. The van der Waals surface area contributed by atoms with Gasteiger partial charge in [-0.05, 0) is 24.3 Å². The van der Waals surface area contributed by atoms with Gasteiger partial charge in [0.05, 0.1) is 16.4 Å². The predicted octanol–water partition coefficient (Wildman–Crippen LogP) is 4.14. The summed E-state index contributed by atoms with van der Waals surface area (Å²) in [6.45, 7) is 0. The average molecular weight is 445 g/mol. The number of nitrogens with one attached hydrogen (secondary N) is 2. The largest absolute Gasteiger partial charge is 0.325 e. The van der Waals surface area contributed by atoms with E-state index < -0.39 is 6.03 Å². The number of hydrogen-bond donors (Lipinski definition) is 2. The minimum atomic E-state index is -0.463. The van der Waals surface area contributed by atoms with Gasteiger partial charge >= 0.3 is 6.03 Å². The van der Waals surface area contributed by atoms with E-state index in [-0.39, 0.29) is 5.56 Å². The fourth-order valence-electron chi connectivity index (χ4n) is 2.44. The van der Waals surface area contributed by atoms with Gasteiger partial charge in [0.2, 0.25) is 5.13 Å². The number of pyridine rings is 1. The van der Waals surface area contributed by atoms with Crippen LogP contribution in [0.2, 0.25) is 5.02 Å². The molecule has 1 aromatic carbocycles. The lowest BCUT2D eigenvalue weighted by molar-refractivity contribution is 0.262. The number of carbonyl (C=O) groups is 1. The molecule has 3 aromatic heterocycles. The molecule has 0 unspecified atom stereocenters. The van der Waals surface area contributed by atoms with Crippen molar-refractivity contribution in [2.45, 2.75) is 10.1 Å². The van der Waals surface area contributed by atoms with Gasteiger partial charge in [0, 0.05) is 18.0 Å². The topological polar surface area (TPSA) is 101 Å². The van der Waals surface area contributed by atoms with Gasteiger partial charge in [0.25, 0.3) is 5.56 Å². The maximum atomic E-state index is 12.1. The highest BCUT2D eigenvalue weighted by Crippen LogP contribution is 2.28. The summed E-state index contributed by atoms with van der Waals surface area (Å²) in [7, 11) is 0. The molecule has 0 fully saturated rings. The summed E-state index contributed by atoms with van der Waals surface area (Å²) in [4.78, 5) is 28.7. The molecule has 0 saturated heterocycles. The molecule has 4 aromatic rings. The van der Waals surface area contributed by atoms with Crippen molar-refractivity contribution in [3.63, 3.8) is 0 Å². The maximum Gasteiger partial charge on any atom is 0.325 e. The molecule has 8 nitrogen and oxygen atoms in total. The van der Waals surface area contributed by atoms with Crippen molar-refractivity contribution in [2.24, 2.45) is 0 Å². The van der Waals surface area contributed by atoms with E-state index in [1.807, 2.05) is 6.07 Å². The number of aromatic nitrogens is 4. The monoisotopic (exact) mass is 444 g/mol. The van der Waals surface area contributed by atoms with Gasteiger partial charge < -0.3 is 5.32 Å². The van der Waals surface area contributed by atoms with Crippen LogP contribution in [0.5, 0.6) is 0 Å². The van der Waals surface area contributed by atoms with Crippen LogP contribution in [0.1, 0.15) is 5.69 Å². The summed E-state index contributed by atoms with van der Waals surface area (Å²) in [5.74, 6) is 0.459. The van der Waals surface area contributed by atoms with Crippen molar-refractivity contribution in [3.05, 3.63) is 75.8 Å². The summed E-state index contributed by atoms with van der Waals surface area (Å²) in [6, 6.07) is 13.3. The second kappa shape index (κ2) is 8.60. The molecule has 29 heavy (non-hydrogen) atoms. The van der Waals surface area contributed by atoms with E-state index in [0.717, 1.165) is 0 Å². The molecule has 146 valence electrons. The van der Waals surface area contributed by atoms with E-state index >= 15 is 0 Å². The number of fused-ring (bicyclic) bond motifs is 1. The number of urea groups is 1. The third-order valence-electron chi connectivity index (χ3n) is 3.72. The molecule has 3 heterocycles. The fraction of sp³-hybridized carbons (Fsp3) is 0.0556. The van der Waals surface area contributed by atoms with Crippen molar-refractivity contribution in [1.29, 1.82) is 0 Å². The number of nitrogens with zero attached hydrogens (tertiary/aromatic N) is 4. The van der Waals surface area contributed by atoms with Gasteiger partial charge in [0.15, 0.2) is 4.34 Å². The van der Waals surface area contributed by atoms with Gasteiger partial charge in [-0.15, -0.1) is 10.2 Å². The van der Waals surface area contributed by atoms with Gasteiger partial charge in [-0.1, -0.05) is 52.9 Å². The highest BCUT2D eigenvalue weighted by atomic mass is 35.5. The Morgan fingerprint density at radius 2 is 1.97 bits per heavy atom. The Kier molecular flexibility index (Phi) is 5.74. The van der Waals surface area contributed by atoms with Crippen molar-refractivity contribution < 1.29 is 4.79 Å². The smallest absolute Gasteiger partial charge is 0.306 e.